The molecule has 0 saturated heterocycles. The second-order valence-electron chi connectivity index (χ2n) is 4.46. The minimum absolute atomic E-state index is 0.150. The van der Waals surface area contributed by atoms with Crippen molar-refractivity contribution in [3.05, 3.63) is 69.4 Å². The maximum Gasteiger partial charge on any atom is 0.250 e. The minimum Gasteiger partial charge on any atom is -0.332 e. The molecule has 0 heterocycles. The molecule has 0 aliphatic carbocycles. The normalized spacial score (nSPS) is 10.6. The van der Waals surface area contributed by atoms with Gasteiger partial charge in [-0.3, -0.25) is 10.1 Å². The van der Waals surface area contributed by atoms with E-state index in [9.17, 15) is 9.18 Å². The molecule has 2 rings (SSSR count). The number of thiocarbonyl (C=S) groups is 1. The van der Waals surface area contributed by atoms with Crippen LogP contribution in [-0.2, 0) is 4.79 Å². The van der Waals surface area contributed by atoms with E-state index in [-0.39, 0.29) is 10.9 Å². The molecule has 0 spiro atoms. The number of hydrogen-bond donors (Lipinski definition) is 2. The van der Waals surface area contributed by atoms with E-state index in [4.69, 9.17) is 23.8 Å². The van der Waals surface area contributed by atoms with Crippen molar-refractivity contribution in [3.8, 4) is 0 Å². The Bertz CT molecular complexity index is 765. The highest BCUT2D eigenvalue weighted by Gasteiger charge is 2.03. The van der Waals surface area contributed by atoms with Gasteiger partial charge in [0.1, 0.15) is 5.82 Å². The fraction of sp³-hybridized carbons (Fsp3) is 0. The van der Waals surface area contributed by atoms with Crippen LogP contribution in [-0.4, -0.2) is 11.0 Å². The summed E-state index contributed by atoms with van der Waals surface area (Å²) in [6.45, 7) is 0. The molecule has 7 heteroatoms. The third-order valence-electron chi connectivity index (χ3n) is 2.71. The average Bonchev–Trinajstić information content (AvgIpc) is 2.50. The maximum absolute atomic E-state index is 12.8. The quantitative estimate of drug-likeness (QED) is 0.563. The van der Waals surface area contributed by atoms with Crippen molar-refractivity contribution in [2.24, 2.45) is 0 Å². The molecule has 0 saturated carbocycles. The minimum atomic E-state index is -0.393. The first-order valence-electron chi connectivity index (χ1n) is 6.45. The zero-order chi connectivity index (χ0) is 16.8. The van der Waals surface area contributed by atoms with Crippen LogP contribution in [0.2, 0.25) is 5.02 Å². The van der Waals surface area contributed by atoms with Crippen LogP contribution in [0.4, 0.5) is 10.1 Å². The number of amides is 1. The molecule has 0 fully saturated rings. The molecule has 23 heavy (non-hydrogen) atoms. The summed E-state index contributed by atoms with van der Waals surface area (Å²) in [5.74, 6) is -0.722. The van der Waals surface area contributed by atoms with E-state index >= 15 is 0 Å². The number of anilines is 1. The molecule has 2 N–H and O–H groups in total. The van der Waals surface area contributed by atoms with Crippen molar-refractivity contribution in [2.75, 3.05) is 5.32 Å². The number of carbonyl (C=O) groups is 1. The van der Waals surface area contributed by atoms with Gasteiger partial charge in [0.05, 0.1) is 5.02 Å². The topological polar surface area (TPSA) is 41.1 Å². The SMILES string of the molecule is O=C(C=Cc1ccc(F)cc1)NC(=S)Nc1ccc(Br)c(Cl)c1. The molecule has 2 aromatic carbocycles. The third kappa shape index (κ3) is 5.74. The summed E-state index contributed by atoms with van der Waals surface area (Å²) >= 11 is 14.3. The highest BCUT2D eigenvalue weighted by Crippen LogP contribution is 2.25. The van der Waals surface area contributed by atoms with E-state index in [2.05, 4.69) is 26.6 Å². The number of hydrogen-bond acceptors (Lipinski definition) is 2. The van der Waals surface area contributed by atoms with Crippen molar-refractivity contribution in [2.45, 2.75) is 0 Å². The fourth-order valence-electron chi connectivity index (χ4n) is 1.64. The summed E-state index contributed by atoms with van der Waals surface area (Å²) in [5, 5.41) is 6.05. The molecule has 0 unspecified atom stereocenters. The van der Waals surface area contributed by atoms with E-state index in [0.29, 0.717) is 16.3 Å². The summed E-state index contributed by atoms with van der Waals surface area (Å²) in [7, 11) is 0. The lowest BCUT2D eigenvalue weighted by atomic mass is 10.2. The summed E-state index contributed by atoms with van der Waals surface area (Å²) < 4.78 is 13.5. The summed E-state index contributed by atoms with van der Waals surface area (Å²) in [5.41, 5.74) is 1.37. The second kappa shape index (κ2) is 8.19. The Hall–Kier alpha value is -1.76. The van der Waals surface area contributed by atoms with Crippen molar-refractivity contribution in [1.82, 2.24) is 5.32 Å². The standard InChI is InChI=1S/C16H11BrClFN2OS/c17-13-7-6-12(9-14(13)18)20-16(23)21-15(22)8-3-10-1-4-11(19)5-2-10/h1-9H,(H2,20,21,22,23). The monoisotopic (exact) mass is 412 g/mol. The van der Waals surface area contributed by atoms with Crippen LogP contribution < -0.4 is 10.6 Å². The van der Waals surface area contributed by atoms with Gasteiger partial charge in [0.25, 0.3) is 0 Å². The number of carbonyl (C=O) groups excluding carboxylic acids is 1. The molecule has 3 nitrogen and oxygen atoms in total. The van der Waals surface area contributed by atoms with Crippen molar-refractivity contribution in [1.29, 1.82) is 0 Å². The Morgan fingerprint density at radius 2 is 1.91 bits per heavy atom. The van der Waals surface area contributed by atoms with Crippen molar-refractivity contribution in [3.63, 3.8) is 0 Å². The Morgan fingerprint density at radius 1 is 1.22 bits per heavy atom. The van der Waals surface area contributed by atoms with Crippen LogP contribution in [0, 0.1) is 5.82 Å². The number of nitrogens with one attached hydrogen (secondary N) is 2. The Labute approximate surface area is 151 Å². The predicted octanol–water partition coefficient (Wildman–Crippen LogP) is 4.77. The molecule has 0 radical (unpaired) electrons. The van der Waals surface area contributed by atoms with E-state index in [1.165, 1.54) is 18.2 Å². The molecule has 1 amide bonds. The van der Waals surface area contributed by atoms with Gasteiger partial charge in [0, 0.05) is 16.2 Å². The zero-order valence-corrected chi connectivity index (χ0v) is 14.8. The van der Waals surface area contributed by atoms with Crippen LogP contribution in [0.5, 0.6) is 0 Å². The highest BCUT2D eigenvalue weighted by atomic mass is 79.9. The highest BCUT2D eigenvalue weighted by molar-refractivity contribution is 9.10. The van der Waals surface area contributed by atoms with Crippen LogP contribution in [0.25, 0.3) is 6.08 Å². The van der Waals surface area contributed by atoms with Crippen molar-refractivity contribution >= 4 is 62.5 Å². The van der Waals surface area contributed by atoms with Crippen LogP contribution >= 0.6 is 39.7 Å². The smallest absolute Gasteiger partial charge is 0.250 e. The van der Waals surface area contributed by atoms with Gasteiger partial charge in [-0.25, -0.2) is 4.39 Å². The maximum atomic E-state index is 12.8. The number of halogens is 3. The van der Waals surface area contributed by atoms with Gasteiger partial charge in [0.2, 0.25) is 5.91 Å². The van der Waals surface area contributed by atoms with Crippen LogP contribution in [0.1, 0.15) is 5.56 Å². The van der Waals surface area contributed by atoms with E-state index in [0.717, 1.165) is 4.47 Å². The Kier molecular flexibility index (Phi) is 6.27. The summed E-state index contributed by atoms with van der Waals surface area (Å²) in [4.78, 5) is 11.8. The van der Waals surface area contributed by atoms with Gasteiger partial charge in [-0.15, -0.1) is 0 Å². The lowest BCUT2D eigenvalue weighted by Gasteiger charge is -2.08. The summed E-state index contributed by atoms with van der Waals surface area (Å²) in [6.07, 6.45) is 2.88. The first-order valence-corrected chi connectivity index (χ1v) is 8.02. The van der Waals surface area contributed by atoms with E-state index < -0.39 is 5.91 Å². The molecule has 0 atom stereocenters. The van der Waals surface area contributed by atoms with Gasteiger partial charge in [-0.1, -0.05) is 23.7 Å². The molecule has 0 bridgehead atoms. The molecular formula is C16H11BrClFN2OS. The number of benzene rings is 2. The van der Waals surface area contributed by atoms with E-state index in [1.54, 1.807) is 36.4 Å². The first kappa shape index (κ1) is 17.6. The van der Waals surface area contributed by atoms with Gasteiger partial charge >= 0.3 is 0 Å². The lowest BCUT2D eigenvalue weighted by Crippen LogP contribution is -2.32. The Morgan fingerprint density at radius 3 is 2.57 bits per heavy atom. The molecule has 2 aromatic rings. The largest absolute Gasteiger partial charge is 0.332 e. The fourth-order valence-corrected chi connectivity index (χ4v) is 2.28. The second-order valence-corrected chi connectivity index (χ2v) is 6.13. The molecular weight excluding hydrogens is 403 g/mol. The molecule has 118 valence electrons. The first-order chi connectivity index (χ1) is 10.9. The van der Waals surface area contributed by atoms with Crippen molar-refractivity contribution < 1.29 is 9.18 Å². The average molecular weight is 414 g/mol. The number of rotatable bonds is 3. The molecule has 0 aliphatic rings. The summed E-state index contributed by atoms with van der Waals surface area (Å²) in [6, 6.07) is 11.0. The zero-order valence-electron chi connectivity index (χ0n) is 11.6. The van der Waals surface area contributed by atoms with Gasteiger partial charge < -0.3 is 5.32 Å². The Balaban J connectivity index is 1.90. The van der Waals surface area contributed by atoms with Crippen LogP contribution in [0.15, 0.2) is 53.0 Å². The van der Waals surface area contributed by atoms with Gasteiger partial charge in [-0.05, 0) is 70.1 Å². The van der Waals surface area contributed by atoms with E-state index in [1.807, 2.05) is 0 Å². The predicted molar refractivity (Wildman–Crippen MR) is 98.9 cm³/mol. The van der Waals surface area contributed by atoms with Crippen LogP contribution in [0.3, 0.4) is 0 Å². The van der Waals surface area contributed by atoms with Gasteiger partial charge in [-0.2, -0.15) is 0 Å². The lowest BCUT2D eigenvalue weighted by molar-refractivity contribution is -0.115. The molecule has 0 aliphatic heterocycles. The molecule has 0 aromatic heterocycles. The third-order valence-corrected chi connectivity index (χ3v) is 4.15. The van der Waals surface area contributed by atoms with Gasteiger partial charge in [0.15, 0.2) is 5.11 Å².